The highest BCUT2D eigenvalue weighted by Gasteiger charge is 2.17. The third-order valence-electron chi connectivity index (χ3n) is 5.24. The molecule has 0 radical (unpaired) electrons. The first-order chi connectivity index (χ1) is 14.7. The molecule has 2 aromatic carbocycles. The molecule has 3 aromatic rings. The van der Waals surface area contributed by atoms with E-state index < -0.39 is 0 Å². The molecule has 1 aliphatic heterocycles. The number of nitrogens with one attached hydrogen (secondary N) is 1. The summed E-state index contributed by atoms with van der Waals surface area (Å²) in [5, 5.41) is 6.48. The van der Waals surface area contributed by atoms with Crippen LogP contribution >= 0.6 is 22.9 Å². The second-order valence-electron chi connectivity index (χ2n) is 7.31. The number of carbonyl (C=O) groups is 1. The summed E-state index contributed by atoms with van der Waals surface area (Å²) in [6.07, 6.45) is 0.294. The molecule has 1 saturated heterocycles. The molecule has 0 unspecified atom stereocenters. The summed E-state index contributed by atoms with van der Waals surface area (Å²) >= 11 is 7.75. The first-order valence-electron chi connectivity index (χ1n) is 10.2. The third kappa shape index (κ3) is 5.39. The standard InChI is InChI=1S/C23H25ClN4OS/c24-21-9-5-4-8-20(21)23-26-18(17-30-23)16-22(29)25-10-11-27-12-14-28(15-13-27)19-6-2-1-3-7-19/h1-9,17H,10-16H2,(H,25,29). The van der Waals surface area contributed by atoms with E-state index in [-0.39, 0.29) is 5.91 Å². The first-order valence-corrected chi connectivity index (χ1v) is 11.4. The van der Waals surface area contributed by atoms with Gasteiger partial charge in [-0.25, -0.2) is 4.98 Å². The van der Waals surface area contributed by atoms with Gasteiger partial charge in [0.2, 0.25) is 5.91 Å². The average Bonchev–Trinajstić information content (AvgIpc) is 3.23. The Morgan fingerprint density at radius 3 is 2.53 bits per heavy atom. The van der Waals surface area contributed by atoms with Crippen LogP contribution in [0.1, 0.15) is 5.69 Å². The lowest BCUT2D eigenvalue weighted by molar-refractivity contribution is -0.120. The molecule has 0 atom stereocenters. The van der Waals surface area contributed by atoms with Crippen molar-refractivity contribution in [3.8, 4) is 10.6 Å². The predicted molar refractivity (Wildman–Crippen MR) is 124 cm³/mol. The lowest BCUT2D eigenvalue weighted by Gasteiger charge is -2.36. The number of nitrogens with zero attached hydrogens (tertiary/aromatic N) is 3. The number of para-hydroxylation sites is 1. The highest BCUT2D eigenvalue weighted by molar-refractivity contribution is 7.13. The number of benzene rings is 2. The van der Waals surface area contributed by atoms with Crippen LogP contribution in [0.4, 0.5) is 5.69 Å². The van der Waals surface area contributed by atoms with Gasteiger partial charge in [0.25, 0.3) is 0 Å². The fourth-order valence-corrected chi connectivity index (χ4v) is 4.74. The summed E-state index contributed by atoms with van der Waals surface area (Å²) in [6, 6.07) is 18.2. The number of hydrogen-bond acceptors (Lipinski definition) is 5. The highest BCUT2D eigenvalue weighted by atomic mass is 35.5. The monoisotopic (exact) mass is 440 g/mol. The van der Waals surface area contributed by atoms with Gasteiger partial charge in [-0.1, -0.05) is 48.0 Å². The van der Waals surface area contributed by atoms with Gasteiger partial charge in [0.1, 0.15) is 5.01 Å². The van der Waals surface area contributed by atoms with Crippen molar-refractivity contribution >= 4 is 34.5 Å². The number of thiazole rings is 1. The Labute approximate surface area is 186 Å². The summed E-state index contributed by atoms with van der Waals surface area (Å²) in [5.41, 5.74) is 2.97. The minimum atomic E-state index is 0.00827. The number of anilines is 1. The van der Waals surface area contributed by atoms with Crippen molar-refractivity contribution in [2.75, 3.05) is 44.2 Å². The Morgan fingerprint density at radius 1 is 1.03 bits per heavy atom. The van der Waals surface area contributed by atoms with Crippen molar-refractivity contribution in [2.45, 2.75) is 6.42 Å². The SMILES string of the molecule is O=C(Cc1csc(-c2ccccc2Cl)n1)NCCN1CCN(c2ccccc2)CC1. The number of hydrogen-bond donors (Lipinski definition) is 1. The molecule has 1 aliphatic rings. The van der Waals surface area contributed by atoms with Crippen LogP contribution in [0, 0.1) is 0 Å². The molecule has 156 valence electrons. The predicted octanol–water partition coefficient (Wildman–Crippen LogP) is 3.94. The van der Waals surface area contributed by atoms with Crippen LogP contribution in [0.3, 0.4) is 0 Å². The van der Waals surface area contributed by atoms with Crippen molar-refractivity contribution in [1.29, 1.82) is 0 Å². The molecule has 7 heteroatoms. The lowest BCUT2D eigenvalue weighted by Crippen LogP contribution is -2.48. The molecule has 4 rings (SSSR count). The number of rotatable bonds is 7. The second-order valence-corrected chi connectivity index (χ2v) is 8.58. The molecule has 0 saturated carbocycles. The van der Waals surface area contributed by atoms with Gasteiger partial charge in [-0.15, -0.1) is 11.3 Å². The molecule has 0 bridgehead atoms. The summed E-state index contributed by atoms with van der Waals surface area (Å²) in [5.74, 6) is 0.00827. The Hall–Kier alpha value is -2.41. The smallest absolute Gasteiger partial charge is 0.226 e. The summed E-state index contributed by atoms with van der Waals surface area (Å²) < 4.78 is 0. The van der Waals surface area contributed by atoms with Crippen molar-refractivity contribution in [3.63, 3.8) is 0 Å². The maximum atomic E-state index is 12.3. The highest BCUT2D eigenvalue weighted by Crippen LogP contribution is 2.30. The topological polar surface area (TPSA) is 48.5 Å². The van der Waals surface area contributed by atoms with Crippen LogP contribution in [0.15, 0.2) is 60.0 Å². The number of amides is 1. The molecule has 2 heterocycles. The summed E-state index contributed by atoms with van der Waals surface area (Å²) in [7, 11) is 0. The molecule has 1 amide bonds. The summed E-state index contributed by atoms with van der Waals surface area (Å²) in [6.45, 7) is 5.58. The van der Waals surface area contributed by atoms with Crippen LogP contribution in [-0.4, -0.2) is 55.1 Å². The zero-order valence-electron chi connectivity index (χ0n) is 16.8. The molecule has 1 aromatic heterocycles. The molecule has 0 aliphatic carbocycles. The van der Waals surface area contributed by atoms with E-state index >= 15 is 0 Å². The molecule has 0 spiro atoms. The Bertz CT molecular complexity index is 970. The normalized spacial score (nSPS) is 14.6. The summed E-state index contributed by atoms with van der Waals surface area (Å²) in [4.78, 5) is 21.7. The van der Waals surface area contributed by atoms with Gasteiger partial charge in [-0.3, -0.25) is 9.69 Å². The Morgan fingerprint density at radius 2 is 1.77 bits per heavy atom. The number of piperazine rings is 1. The first kappa shape index (κ1) is 20.8. The van der Waals surface area contributed by atoms with Crippen LogP contribution in [0.2, 0.25) is 5.02 Å². The maximum Gasteiger partial charge on any atom is 0.226 e. The Balaban J connectivity index is 1.19. The van der Waals surface area contributed by atoms with Gasteiger partial charge < -0.3 is 10.2 Å². The second kappa shape index (κ2) is 10.1. The van der Waals surface area contributed by atoms with Gasteiger partial charge in [-0.2, -0.15) is 0 Å². The molecular weight excluding hydrogens is 416 g/mol. The maximum absolute atomic E-state index is 12.3. The van der Waals surface area contributed by atoms with Crippen LogP contribution in [-0.2, 0) is 11.2 Å². The minimum Gasteiger partial charge on any atom is -0.369 e. The molecule has 30 heavy (non-hydrogen) atoms. The fourth-order valence-electron chi connectivity index (χ4n) is 3.60. The van der Waals surface area contributed by atoms with E-state index in [1.54, 1.807) is 0 Å². The van der Waals surface area contributed by atoms with Crippen LogP contribution < -0.4 is 10.2 Å². The van der Waals surface area contributed by atoms with E-state index in [9.17, 15) is 4.79 Å². The van der Waals surface area contributed by atoms with E-state index in [0.717, 1.165) is 49.0 Å². The molecule has 1 fully saturated rings. The average molecular weight is 441 g/mol. The van der Waals surface area contributed by atoms with E-state index in [2.05, 4.69) is 44.4 Å². The van der Waals surface area contributed by atoms with Crippen molar-refractivity contribution in [2.24, 2.45) is 0 Å². The number of carbonyl (C=O) groups excluding carboxylic acids is 1. The van der Waals surface area contributed by atoms with Crippen molar-refractivity contribution in [1.82, 2.24) is 15.2 Å². The van der Waals surface area contributed by atoms with Gasteiger partial charge in [0.05, 0.1) is 17.1 Å². The van der Waals surface area contributed by atoms with E-state index in [0.29, 0.717) is 18.0 Å². The van der Waals surface area contributed by atoms with Gasteiger partial charge in [0.15, 0.2) is 0 Å². The van der Waals surface area contributed by atoms with E-state index in [1.165, 1.54) is 17.0 Å². The zero-order chi connectivity index (χ0) is 20.8. The Kier molecular flexibility index (Phi) is 7.00. The number of aromatic nitrogens is 1. The van der Waals surface area contributed by atoms with Crippen LogP contribution in [0.5, 0.6) is 0 Å². The molecule has 5 nitrogen and oxygen atoms in total. The fraction of sp³-hybridized carbons (Fsp3) is 0.304. The quantitative estimate of drug-likeness (QED) is 0.604. The van der Waals surface area contributed by atoms with Crippen molar-refractivity contribution in [3.05, 3.63) is 70.7 Å². The third-order valence-corrected chi connectivity index (χ3v) is 6.50. The number of halogens is 1. The lowest BCUT2D eigenvalue weighted by atomic mass is 10.2. The largest absolute Gasteiger partial charge is 0.369 e. The van der Waals surface area contributed by atoms with Gasteiger partial charge >= 0.3 is 0 Å². The van der Waals surface area contributed by atoms with Gasteiger partial charge in [0, 0.05) is 55.9 Å². The molecule has 1 N–H and O–H groups in total. The zero-order valence-corrected chi connectivity index (χ0v) is 18.3. The molecular formula is C23H25ClN4OS. The van der Waals surface area contributed by atoms with E-state index in [1.807, 2.05) is 35.7 Å². The van der Waals surface area contributed by atoms with Crippen molar-refractivity contribution < 1.29 is 4.79 Å². The van der Waals surface area contributed by atoms with Crippen LogP contribution in [0.25, 0.3) is 10.6 Å². The van der Waals surface area contributed by atoms with Gasteiger partial charge in [-0.05, 0) is 18.2 Å². The van der Waals surface area contributed by atoms with E-state index in [4.69, 9.17) is 11.6 Å². The minimum absolute atomic E-state index is 0.00827.